The molecule has 22 heavy (non-hydrogen) atoms. The predicted octanol–water partition coefficient (Wildman–Crippen LogP) is 2.81. The summed E-state index contributed by atoms with van der Waals surface area (Å²) in [5.41, 5.74) is 0. The zero-order valence-corrected chi connectivity index (χ0v) is 13.8. The number of amides is 1. The van der Waals surface area contributed by atoms with E-state index in [9.17, 15) is 4.79 Å². The molecule has 2 rings (SSSR count). The van der Waals surface area contributed by atoms with Crippen LogP contribution in [-0.4, -0.2) is 49.1 Å². The number of halogens is 1. The normalized spacial score (nSPS) is 19.1. The molecular formula is C16H24ClN3O2. The number of hydrogen-bond acceptors (Lipinski definition) is 4. The lowest BCUT2D eigenvalue weighted by molar-refractivity contribution is -0.121. The van der Waals surface area contributed by atoms with E-state index >= 15 is 0 Å². The second-order valence-corrected chi connectivity index (χ2v) is 6.13. The van der Waals surface area contributed by atoms with Crippen LogP contribution in [0.25, 0.3) is 0 Å². The Labute approximate surface area is 137 Å². The molecule has 5 nitrogen and oxygen atoms in total. The van der Waals surface area contributed by atoms with Gasteiger partial charge in [-0.2, -0.15) is 0 Å². The van der Waals surface area contributed by atoms with E-state index < -0.39 is 0 Å². The number of pyridine rings is 1. The number of carbonyl (C=O) groups excluding carboxylic acids is 1. The molecule has 0 aliphatic carbocycles. The van der Waals surface area contributed by atoms with E-state index in [0.717, 1.165) is 51.9 Å². The van der Waals surface area contributed by atoms with Crippen molar-refractivity contribution in [3.05, 3.63) is 23.4 Å². The topological polar surface area (TPSA) is 54.5 Å². The second kappa shape index (κ2) is 9.08. The Balaban J connectivity index is 1.78. The third-order valence-corrected chi connectivity index (χ3v) is 4.15. The number of aromatic nitrogens is 1. The van der Waals surface area contributed by atoms with Crippen LogP contribution in [0.15, 0.2) is 18.3 Å². The SMILES string of the molecule is COCCCCN1CCCC(C(=O)Nc2ccc(Cl)cn2)C1. The van der Waals surface area contributed by atoms with Crippen molar-refractivity contribution in [2.45, 2.75) is 25.7 Å². The van der Waals surface area contributed by atoms with Crippen LogP contribution in [-0.2, 0) is 9.53 Å². The van der Waals surface area contributed by atoms with Crippen LogP contribution >= 0.6 is 11.6 Å². The van der Waals surface area contributed by atoms with Gasteiger partial charge >= 0.3 is 0 Å². The molecule has 6 heteroatoms. The molecule has 0 aromatic carbocycles. The molecule has 1 aromatic heterocycles. The molecule has 1 unspecified atom stereocenters. The average molecular weight is 326 g/mol. The zero-order valence-electron chi connectivity index (χ0n) is 13.1. The summed E-state index contributed by atoms with van der Waals surface area (Å²) in [6.07, 6.45) is 5.73. The lowest BCUT2D eigenvalue weighted by atomic mass is 9.97. The zero-order chi connectivity index (χ0) is 15.8. The summed E-state index contributed by atoms with van der Waals surface area (Å²) in [5, 5.41) is 3.45. The molecule has 1 aliphatic rings. The van der Waals surface area contributed by atoms with Crippen molar-refractivity contribution in [1.82, 2.24) is 9.88 Å². The predicted molar refractivity (Wildman–Crippen MR) is 88.2 cm³/mol. The van der Waals surface area contributed by atoms with E-state index in [1.165, 1.54) is 0 Å². The van der Waals surface area contributed by atoms with Gasteiger partial charge in [0.2, 0.25) is 5.91 Å². The maximum Gasteiger partial charge on any atom is 0.229 e. The van der Waals surface area contributed by atoms with E-state index in [2.05, 4.69) is 15.2 Å². The van der Waals surface area contributed by atoms with E-state index in [4.69, 9.17) is 16.3 Å². The highest BCUT2D eigenvalue weighted by atomic mass is 35.5. The minimum Gasteiger partial charge on any atom is -0.385 e. The fraction of sp³-hybridized carbons (Fsp3) is 0.625. The summed E-state index contributed by atoms with van der Waals surface area (Å²) in [7, 11) is 1.73. The Hall–Kier alpha value is -1.17. The van der Waals surface area contributed by atoms with Crippen LogP contribution in [0.2, 0.25) is 5.02 Å². The van der Waals surface area contributed by atoms with Crippen molar-refractivity contribution in [1.29, 1.82) is 0 Å². The molecule has 122 valence electrons. The Bertz CT molecular complexity index is 467. The van der Waals surface area contributed by atoms with Gasteiger partial charge in [0.05, 0.1) is 10.9 Å². The molecule has 0 saturated carbocycles. The molecule has 1 fully saturated rings. The van der Waals surface area contributed by atoms with Crippen LogP contribution in [0.4, 0.5) is 5.82 Å². The molecule has 1 saturated heterocycles. The summed E-state index contributed by atoms with van der Waals surface area (Å²) in [4.78, 5) is 18.8. The maximum absolute atomic E-state index is 12.3. The number of nitrogens with one attached hydrogen (secondary N) is 1. The fourth-order valence-corrected chi connectivity index (χ4v) is 2.84. The van der Waals surface area contributed by atoms with Crippen LogP contribution in [0.3, 0.4) is 0 Å². The molecule has 0 spiro atoms. The van der Waals surface area contributed by atoms with Gasteiger partial charge in [-0.05, 0) is 50.9 Å². The molecule has 0 radical (unpaired) electrons. The number of ether oxygens (including phenoxy) is 1. The van der Waals surface area contributed by atoms with Crippen LogP contribution in [0.1, 0.15) is 25.7 Å². The van der Waals surface area contributed by atoms with E-state index in [-0.39, 0.29) is 11.8 Å². The third kappa shape index (κ3) is 5.55. The van der Waals surface area contributed by atoms with E-state index in [1.54, 1.807) is 25.4 Å². The molecule has 1 amide bonds. The van der Waals surface area contributed by atoms with Crippen molar-refractivity contribution in [3.8, 4) is 0 Å². The third-order valence-electron chi connectivity index (χ3n) is 3.93. The van der Waals surface area contributed by atoms with Gasteiger partial charge in [0.1, 0.15) is 5.82 Å². The van der Waals surface area contributed by atoms with Gasteiger partial charge in [-0.15, -0.1) is 0 Å². The quantitative estimate of drug-likeness (QED) is 0.783. The summed E-state index contributed by atoms with van der Waals surface area (Å²) in [6, 6.07) is 3.46. The highest BCUT2D eigenvalue weighted by Gasteiger charge is 2.25. The molecule has 2 heterocycles. The van der Waals surface area contributed by atoms with Gasteiger partial charge < -0.3 is 15.0 Å². The minimum atomic E-state index is 0.0358. The number of anilines is 1. The fourth-order valence-electron chi connectivity index (χ4n) is 2.73. The Morgan fingerprint density at radius 3 is 3.09 bits per heavy atom. The number of rotatable bonds is 7. The standard InChI is InChI=1S/C16H24ClN3O2/c1-22-10-3-2-8-20-9-4-5-13(12-20)16(21)19-15-7-6-14(17)11-18-15/h6-7,11,13H,2-5,8-10,12H2,1H3,(H,18,19,21). The van der Waals surface area contributed by atoms with Gasteiger partial charge in [0.25, 0.3) is 0 Å². The number of carbonyl (C=O) groups is 1. The Morgan fingerprint density at radius 2 is 2.36 bits per heavy atom. The Morgan fingerprint density at radius 1 is 1.50 bits per heavy atom. The first-order valence-electron chi connectivity index (χ1n) is 7.83. The lowest BCUT2D eigenvalue weighted by Gasteiger charge is -2.31. The number of likely N-dealkylation sites (tertiary alicyclic amines) is 1. The Kier molecular flexibility index (Phi) is 7.09. The van der Waals surface area contributed by atoms with Gasteiger partial charge in [-0.1, -0.05) is 11.6 Å². The smallest absolute Gasteiger partial charge is 0.229 e. The number of hydrogen-bond donors (Lipinski definition) is 1. The summed E-state index contributed by atoms with van der Waals surface area (Å²) in [6.45, 7) is 3.74. The molecule has 1 aliphatic heterocycles. The van der Waals surface area contributed by atoms with Crippen molar-refractivity contribution >= 4 is 23.3 Å². The first-order valence-corrected chi connectivity index (χ1v) is 8.20. The van der Waals surface area contributed by atoms with Crippen molar-refractivity contribution in [3.63, 3.8) is 0 Å². The molecular weight excluding hydrogens is 302 g/mol. The van der Waals surface area contributed by atoms with E-state index in [1.807, 2.05) is 0 Å². The van der Waals surface area contributed by atoms with Gasteiger partial charge in [-0.3, -0.25) is 4.79 Å². The number of nitrogens with zero attached hydrogens (tertiary/aromatic N) is 2. The summed E-state index contributed by atoms with van der Waals surface area (Å²) in [5.74, 6) is 0.650. The lowest BCUT2D eigenvalue weighted by Crippen LogP contribution is -2.41. The first kappa shape index (κ1) is 17.2. The van der Waals surface area contributed by atoms with E-state index in [0.29, 0.717) is 10.8 Å². The van der Waals surface area contributed by atoms with Gasteiger partial charge in [0, 0.05) is 26.5 Å². The molecule has 1 N–H and O–H groups in total. The van der Waals surface area contributed by atoms with Crippen molar-refractivity contribution in [2.75, 3.05) is 38.7 Å². The monoisotopic (exact) mass is 325 g/mol. The number of piperidine rings is 1. The van der Waals surface area contributed by atoms with Crippen LogP contribution in [0.5, 0.6) is 0 Å². The van der Waals surface area contributed by atoms with Gasteiger partial charge in [0.15, 0.2) is 0 Å². The second-order valence-electron chi connectivity index (χ2n) is 5.69. The molecule has 1 atom stereocenters. The van der Waals surface area contributed by atoms with Crippen LogP contribution < -0.4 is 5.32 Å². The molecule has 0 bridgehead atoms. The van der Waals surface area contributed by atoms with Crippen LogP contribution in [0, 0.1) is 5.92 Å². The largest absolute Gasteiger partial charge is 0.385 e. The number of unbranched alkanes of at least 4 members (excludes halogenated alkanes) is 1. The first-order chi connectivity index (χ1) is 10.7. The maximum atomic E-state index is 12.3. The van der Waals surface area contributed by atoms with Gasteiger partial charge in [-0.25, -0.2) is 4.98 Å². The average Bonchev–Trinajstić information content (AvgIpc) is 2.54. The highest BCUT2D eigenvalue weighted by molar-refractivity contribution is 6.30. The summed E-state index contributed by atoms with van der Waals surface area (Å²) >= 11 is 5.80. The van der Waals surface area contributed by atoms with Crippen molar-refractivity contribution < 1.29 is 9.53 Å². The minimum absolute atomic E-state index is 0.0358. The number of methoxy groups -OCH3 is 1. The highest BCUT2D eigenvalue weighted by Crippen LogP contribution is 2.19. The molecule has 1 aromatic rings. The van der Waals surface area contributed by atoms with Crippen molar-refractivity contribution in [2.24, 2.45) is 5.92 Å². The summed E-state index contributed by atoms with van der Waals surface area (Å²) < 4.78 is 5.07.